The van der Waals surface area contributed by atoms with Gasteiger partial charge in [-0.2, -0.15) is 8.78 Å². The van der Waals surface area contributed by atoms with Crippen molar-refractivity contribution in [3.63, 3.8) is 0 Å². The van der Waals surface area contributed by atoms with Gasteiger partial charge in [0.05, 0.1) is 6.61 Å². The minimum absolute atomic E-state index is 0.114. The third kappa shape index (κ3) is 4.92. The first-order valence-corrected chi connectivity index (χ1v) is 4.75. The molecule has 0 saturated heterocycles. The SMILES string of the molecule is CCOC(=O)C(CC)NC(=O)C(F)(F)Cl. The molecule has 1 atom stereocenters. The summed E-state index contributed by atoms with van der Waals surface area (Å²) in [4.78, 5) is 21.9. The lowest BCUT2D eigenvalue weighted by Crippen LogP contribution is -2.46. The quantitative estimate of drug-likeness (QED) is 0.585. The number of hydrogen-bond acceptors (Lipinski definition) is 3. The molecule has 4 nitrogen and oxygen atoms in total. The maximum absolute atomic E-state index is 12.3. The highest BCUT2D eigenvalue weighted by molar-refractivity contribution is 6.32. The van der Waals surface area contributed by atoms with Crippen molar-refractivity contribution in [2.45, 2.75) is 31.7 Å². The van der Waals surface area contributed by atoms with Crippen LogP contribution in [0.5, 0.6) is 0 Å². The summed E-state index contributed by atoms with van der Waals surface area (Å²) >= 11 is 4.47. The number of carbonyl (C=O) groups excluding carboxylic acids is 2. The van der Waals surface area contributed by atoms with E-state index in [1.54, 1.807) is 19.2 Å². The molecule has 7 heteroatoms. The zero-order valence-electron chi connectivity index (χ0n) is 8.35. The van der Waals surface area contributed by atoms with Crippen LogP contribution in [0.3, 0.4) is 0 Å². The summed E-state index contributed by atoms with van der Waals surface area (Å²) in [7, 11) is 0. The number of carbonyl (C=O) groups is 2. The van der Waals surface area contributed by atoms with E-state index in [9.17, 15) is 18.4 Å². The predicted molar refractivity (Wildman–Crippen MR) is 49.7 cm³/mol. The Labute approximate surface area is 90.9 Å². The fraction of sp³-hybridized carbons (Fsp3) is 0.750. The number of halogens is 3. The third-order valence-corrected chi connectivity index (χ3v) is 1.71. The number of hydrogen-bond donors (Lipinski definition) is 1. The second kappa shape index (κ2) is 5.85. The molecule has 0 aromatic heterocycles. The van der Waals surface area contributed by atoms with Crippen LogP contribution in [0.15, 0.2) is 0 Å². The van der Waals surface area contributed by atoms with Gasteiger partial charge in [-0.25, -0.2) is 4.79 Å². The molecular formula is C8H12ClF2NO3. The fourth-order valence-corrected chi connectivity index (χ4v) is 0.865. The van der Waals surface area contributed by atoms with Crippen LogP contribution in [0.25, 0.3) is 0 Å². The molecule has 0 rings (SSSR count). The Kier molecular flexibility index (Phi) is 5.49. The standard InChI is InChI=1S/C8H12ClF2NO3/c1-3-5(6(13)15-4-2)12-7(14)8(9,10)11/h5H,3-4H2,1-2H3,(H,12,14). The van der Waals surface area contributed by atoms with Gasteiger partial charge >= 0.3 is 17.3 Å². The summed E-state index contributed by atoms with van der Waals surface area (Å²) in [6.45, 7) is 3.24. The van der Waals surface area contributed by atoms with E-state index in [1.165, 1.54) is 0 Å². The zero-order chi connectivity index (χ0) is 12.1. The summed E-state index contributed by atoms with van der Waals surface area (Å²) in [5.74, 6) is -2.46. The number of esters is 1. The Morgan fingerprint density at radius 2 is 2.00 bits per heavy atom. The van der Waals surface area contributed by atoms with E-state index in [0.29, 0.717) is 0 Å². The Bertz CT molecular complexity index is 243. The van der Waals surface area contributed by atoms with Crippen molar-refractivity contribution in [2.75, 3.05) is 6.61 Å². The molecule has 0 aliphatic rings. The second-order valence-electron chi connectivity index (χ2n) is 2.68. The van der Waals surface area contributed by atoms with Crippen molar-refractivity contribution >= 4 is 23.5 Å². The van der Waals surface area contributed by atoms with Gasteiger partial charge in [-0.3, -0.25) is 4.79 Å². The van der Waals surface area contributed by atoms with E-state index < -0.39 is 23.3 Å². The van der Waals surface area contributed by atoms with Gasteiger partial charge < -0.3 is 10.1 Å². The van der Waals surface area contributed by atoms with Gasteiger partial charge in [0.25, 0.3) is 0 Å². The first-order valence-electron chi connectivity index (χ1n) is 4.37. The van der Waals surface area contributed by atoms with Gasteiger partial charge in [0, 0.05) is 0 Å². The summed E-state index contributed by atoms with van der Waals surface area (Å²) < 4.78 is 29.1. The lowest BCUT2D eigenvalue weighted by molar-refractivity contribution is -0.149. The predicted octanol–water partition coefficient (Wildman–Crippen LogP) is 1.28. The summed E-state index contributed by atoms with van der Waals surface area (Å²) in [6, 6.07) is -1.10. The molecule has 1 amide bonds. The molecule has 0 saturated carbocycles. The van der Waals surface area contributed by atoms with Crippen molar-refractivity contribution in [3.05, 3.63) is 0 Å². The van der Waals surface area contributed by atoms with E-state index in [1.807, 2.05) is 0 Å². The van der Waals surface area contributed by atoms with Crippen LogP contribution in [-0.2, 0) is 14.3 Å². The van der Waals surface area contributed by atoms with Crippen LogP contribution < -0.4 is 5.32 Å². The number of ether oxygens (including phenoxy) is 1. The van der Waals surface area contributed by atoms with E-state index in [4.69, 9.17) is 0 Å². The molecule has 0 fully saturated rings. The van der Waals surface area contributed by atoms with Gasteiger partial charge in [-0.15, -0.1) is 0 Å². The molecular weight excluding hydrogens is 232 g/mol. The Hall–Kier alpha value is -0.910. The van der Waals surface area contributed by atoms with Gasteiger partial charge in [0.2, 0.25) is 0 Å². The molecule has 0 aromatic carbocycles. The molecule has 0 aliphatic heterocycles. The molecule has 1 N–H and O–H groups in total. The molecule has 88 valence electrons. The summed E-state index contributed by atoms with van der Waals surface area (Å²) in [5.41, 5.74) is 0. The smallest absolute Gasteiger partial charge is 0.399 e. The first kappa shape index (κ1) is 14.1. The Morgan fingerprint density at radius 3 is 2.33 bits per heavy atom. The van der Waals surface area contributed by atoms with Crippen molar-refractivity contribution in [1.29, 1.82) is 0 Å². The third-order valence-electron chi connectivity index (χ3n) is 1.54. The molecule has 0 heterocycles. The Balaban J connectivity index is 4.34. The molecule has 0 radical (unpaired) electrons. The highest BCUT2D eigenvalue weighted by atomic mass is 35.5. The van der Waals surface area contributed by atoms with Gasteiger partial charge in [-0.1, -0.05) is 6.92 Å². The lowest BCUT2D eigenvalue weighted by atomic mass is 10.2. The van der Waals surface area contributed by atoms with Crippen LogP contribution >= 0.6 is 11.6 Å². The molecule has 15 heavy (non-hydrogen) atoms. The average molecular weight is 244 g/mol. The van der Waals surface area contributed by atoms with Crippen LogP contribution in [0, 0.1) is 0 Å². The van der Waals surface area contributed by atoms with Crippen LogP contribution in [0.2, 0.25) is 0 Å². The second-order valence-corrected chi connectivity index (χ2v) is 3.16. The van der Waals surface area contributed by atoms with Gasteiger partial charge in [-0.05, 0) is 24.9 Å². The van der Waals surface area contributed by atoms with E-state index >= 15 is 0 Å². The van der Waals surface area contributed by atoms with E-state index in [0.717, 1.165) is 0 Å². The largest absolute Gasteiger partial charge is 0.464 e. The zero-order valence-corrected chi connectivity index (χ0v) is 9.11. The number of amides is 1. The van der Waals surface area contributed by atoms with E-state index in [-0.39, 0.29) is 13.0 Å². The van der Waals surface area contributed by atoms with Gasteiger partial charge in [0.1, 0.15) is 6.04 Å². The van der Waals surface area contributed by atoms with Crippen LogP contribution in [0.1, 0.15) is 20.3 Å². The highest BCUT2D eigenvalue weighted by Crippen LogP contribution is 2.18. The number of alkyl halides is 3. The fourth-order valence-electron chi connectivity index (χ4n) is 0.811. The minimum atomic E-state index is -4.01. The van der Waals surface area contributed by atoms with Crippen molar-refractivity contribution in [1.82, 2.24) is 5.32 Å². The average Bonchev–Trinajstić information content (AvgIpc) is 2.12. The highest BCUT2D eigenvalue weighted by Gasteiger charge is 2.38. The maximum atomic E-state index is 12.3. The van der Waals surface area contributed by atoms with Crippen molar-refractivity contribution in [2.24, 2.45) is 0 Å². The first-order chi connectivity index (χ1) is 6.82. The number of rotatable bonds is 5. The van der Waals surface area contributed by atoms with Gasteiger partial charge in [0.15, 0.2) is 0 Å². The van der Waals surface area contributed by atoms with Crippen LogP contribution in [0.4, 0.5) is 8.78 Å². The van der Waals surface area contributed by atoms with E-state index in [2.05, 4.69) is 16.3 Å². The molecule has 0 aromatic rings. The molecule has 0 aliphatic carbocycles. The topological polar surface area (TPSA) is 55.4 Å². The molecule has 0 bridgehead atoms. The molecule has 0 spiro atoms. The molecule has 1 unspecified atom stereocenters. The van der Waals surface area contributed by atoms with Crippen molar-refractivity contribution < 1.29 is 23.1 Å². The normalized spacial score (nSPS) is 13.1. The minimum Gasteiger partial charge on any atom is -0.464 e. The van der Waals surface area contributed by atoms with Crippen LogP contribution in [-0.4, -0.2) is 29.9 Å². The van der Waals surface area contributed by atoms with Crippen molar-refractivity contribution in [3.8, 4) is 0 Å². The summed E-state index contributed by atoms with van der Waals surface area (Å²) in [5, 5.41) is -2.22. The lowest BCUT2D eigenvalue weighted by Gasteiger charge is -2.16. The Morgan fingerprint density at radius 1 is 1.47 bits per heavy atom. The maximum Gasteiger partial charge on any atom is 0.399 e. The monoisotopic (exact) mass is 243 g/mol. The number of nitrogens with one attached hydrogen (secondary N) is 1. The summed E-state index contributed by atoms with van der Waals surface area (Å²) in [6.07, 6.45) is 0.150.